The van der Waals surface area contributed by atoms with Crippen LogP contribution < -0.4 is 0 Å². The van der Waals surface area contributed by atoms with Crippen LogP contribution in [0.5, 0.6) is 0 Å². The van der Waals surface area contributed by atoms with Gasteiger partial charge in [-0.3, -0.25) is 0 Å². The summed E-state index contributed by atoms with van der Waals surface area (Å²) >= 11 is -0.184. The minimum absolute atomic E-state index is 0.184. The van der Waals surface area contributed by atoms with E-state index < -0.39 is 0 Å². The lowest BCUT2D eigenvalue weighted by Crippen LogP contribution is -2.17. The van der Waals surface area contributed by atoms with Crippen molar-refractivity contribution in [2.24, 2.45) is 5.92 Å². The molecule has 0 saturated carbocycles. The first-order valence-corrected chi connectivity index (χ1v) is 7.24. The average Bonchev–Trinajstić information content (AvgIpc) is 1.88. The molecule has 10 heavy (non-hydrogen) atoms. The molecule has 0 radical (unpaired) electrons. The van der Waals surface area contributed by atoms with E-state index in [0.717, 1.165) is 5.92 Å². The van der Waals surface area contributed by atoms with Gasteiger partial charge >= 0.3 is 0 Å². The molecule has 0 aromatic carbocycles. The zero-order valence-corrected chi connectivity index (χ0v) is 8.55. The zero-order chi connectivity index (χ0) is 7.40. The second kappa shape index (κ2) is 4.42. The van der Waals surface area contributed by atoms with Crippen LogP contribution in [-0.2, 0) is 0 Å². The fourth-order valence-electron chi connectivity index (χ4n) is 2.09. The van der Waals surface area contributed by atoms with Gasteiger partial charge in [0.2, 0.25) is 0 Å². The molecule has 1 rings (SSSR count). The Morgan fingerprint density at radius 1 is 1.10 bits per heavy atom. The Balaban J connectivity index is 2.13. The van der Waals surface area contributed by atoms with Crippen molar-refractivity contribution in [3.8, 4) is 0 Å². The third-order valence-electron chi connectivity index (χ3n) is 2.53. The first-order valence-electron chi connectivity index (χ1n) is 4.79. The van der Waals surface area contributed by atoms with Gasteiger partial charge in [0.05, 0.1) is 0 Å². The maximum absolute atomic E-state index is 2.38. The first kappa shape index (κ1) is 8.63. The van der Waals surface area contributed by atoms with Crippen LogP contribution >= 0.6 is 0 Å². The van der Waals surface area contributed by atoms with Crippen molar-refractivity contribution in [1.29, 1.82) is 0 Å². The van der Waals surface area contributed by atoms with Crippen molar-refractivity contribution in [2.75, 3.05) is 0 Å². The van der Waals surface area contributed by atoms with E-state index in [-0.39, 0.29) is 14.1 Å². The van der Waals surface area contributed by atoms with E-state index in [2.05, 4.69) is 13.8 Å². The second-order valence-electron chi connectivity index (χ2n) is 4.13. The summed E-state index contributed by atoms with van der Waals surface area (Å²) in [6, 6.07) is 0. The van der Waals surface area contributed by atoms with Crippen LogP contribution in [0.15, 0.2) is 0 Å². The van der Waals surface area contributed by atoms with Gasteiger partial charge in [-0.2, -0.15) is 0 Å². The van der Waals surface area contributed by atoms with Crippen molar-refractivity contribution < 1.29 is 0 Å². The van der Waals surface area contributed by atoms with Crippen LogP contribution in [-0.4, -0.2) is 14.1 Å². The summed E-state index contributed by atoms with van der Waals surface area (Å²) in [4.78, 5) is 0. The van der Waals surface area contributed by atoms with Gasteiger partial charge in [0.1, 0.15) is 0 Å². The Labute approximate surface area is 69.4 Å². The molecular formula is C9H19Al. The highest BCUT2D eigenvalue weighted by atomic mass is 27.2. The van der Waals surface area contributed by atoms with Crippen LogP contribution in [0.25, 0.3) is 0 Å². The lowest BCUT2D eigenvalue weighted by molar-refractivity contribution is 0.678. The quantitative estimate of drug-likeness (QED) is 0.535. The number of hydrogen-bond acceptors (Lipinski definition) is 0. The van der Waals surface area contributed by atoms with Crippen LogP contribution in [0.4, 0.5) is 0 Å². The summed E-state index contributed by atoms with van der Waals surface area (Å²) in [5, 5.41) is 4.91. The van der Waals surface area contributed by atoms with Gasteiger partial charge in [0.25, 0.3) is 14.1 Å². The predicted molar refractivity (Wildman–Crippen MR) is 48.9 cm³/mol. The smallest absolute Gasteiger partial charge is 0.0939 e. The second-order valence-corrected chi connectivity index (χ2v) is 7.49. The highest BCUT2D eigenvalue weighted by molar-refractivity contribution is 6.59. The van der Waals surface area contributed by atoms with Gasteiger partial charge in [-0.25, -0.2) is 0 Å². The van der Waals surface area contributed by atoms with E-state index >= 15 is 0 Å². The molecule has 0 aromatic heterocycles. The van der Waals surface area contributed by atoms with E-state index in [4.69, 9.17) is 0 Å². The Kier molecular flexibility index (Phi) is 3.81. The van der Waals surface area contributed by atoms with Gasteiger partial charge in [-0.15, -0.1) is 0 Å². The molecule has 58 valence electrons. The maximum atomic E-state index is 2.38. The highest BCUT2D eigenvalue weighted by Gasteiger charge is 2.20. The van der Waals surface area contributed by atoms with E-state index in [1.54, 1.807) is 28.7 Å². The fraction of sp³-hybridized carbons (Fsp3) is 1.00. The van der Waals surface area contributed by atoms with Crippen molar-refractivity contribution in [3.63, 3.8) is 0 Å². The highest BCUT2D eigenvalue weighted by Crippen LogP contribution is 2.23. The molecule has 0 nitrogen and oxygen atoms in total. The molecule has 0 aromatic rings. The minimum atomic E-state index is -0.184. The standard InChI is InChI=1S/C5H10.C4H9.Al/c1-3-5-4-2;1-4(2)3;/h1-5H2;4H,1H2,2-3H3;. The summed E-state index contributed by atoms with van der Waals surface area (Å²) in [5.41, 5.74) is 0. The van der Waals surface area contributed by atoms with Crippen molar-refractivity contribution in [1.82, 2.24) is 0 Å². The molecule has 0 amide bonds. The third-order valence-corrected chi connectivity index (χ3v) is 6.59. The van der Waals surface area contributed by atoms with Crippen molar-refractivity contribution in [2.45, 2.75) is 49.0 Å². The molecule has 1 aliphatic heterocycles. The molecule has 0 unspecified atom stereocenters. The Bertz CT molecular complexity index is 82.7. The minimum Gasteiger partial charge on any atom is -0.0939 e. The summed E-state index contributed by atoms with van der Waals surface area (Å²) in [6.07, 6.45) is 4.65. The molecule has 0 atom stereocenters. The fourth-order valence-corrected chi connectivity index (χ4v) is 5.91. The Morgan fingerprint density at radius 2 is 1.70 bits per heavy atom. The lowest BCUT2D eigenvalue weighted by Gasteiger charge is -2.18. The number of rotatable bonds is 2. The van der Waals surface area contributed by atoms with E-state index in [9.17, 15) is 0 Å². The molecule has 0 aliphatic carbocycles. The van der Waals surface area contributed by atoms with Crippen LogP contribution in [0.1, 0.15) is 33.1 Å². The molecule has 0 bridgehead atoms. The lowest BCUT2D eigenvalue weighted by atomic mass is 10.2. The maximum Gasteiger partial charge on any atom is 0.262 e. The molecular weight excluding hydrogens is 135 g/mol. The monoisotopic (exact) mass is 154 g/mol. The first-order chi connectivity index (χ1) is 4.79. The molecule has 1 heteroatoms. The van der Waals surface area contributed by atoms with Gasteiger partial charge in [-0.05, 0) is 0 Å². The van der Waals surface area contributed by atoms with E-state index in [1.165, 1.54) is 6.42 Å². The predicted octanol–water partition coefficient (Wildman–Crippen LogP) is 3.32. The summed E-state index contributed by atoms with van der Waals surface area (Å²) in [6.45, 7) is 4.75. The molecule has 0 N–H and O–H groups in total. The van der Waals surface area contributed by atoms with Gasteiger partial charge in [0, 0.05) is 0 Å². The van der Waals surface area contributed by atoms with Crippen LogP contribution in [0.2, 0.25) is 15.8 Å². The Hall–Kier alpha value is 0.532. The average molecular weight is 154 g/mol. The molecule has 1 saturated heterocycles. The van der Waals surface area contributed by atoms with Crippen LogP contribution in [0.3, 0.4) is 0 Å². The molecule has 0 spiro atoms. The van der Waals surface area contributed by atoms with Crippen molar-refractivity contribution >= 4 is 14.1 Å². The van der Waals surface area contributed by atoms with Gasteiger partial charge in [0.15, 0.2) is 0 Å². The van der Waals surface area contributed by atoms with Crippen LogP contribution in [0, 0.1) is 5.92 Å². The van der Waals surface area contributed by atoms with E-state index in [1.807, 2.05) is 0 Å². The third kappa shape index (κ3) is 3.08. The topological polar surface area (TPSA) is 0 Å². The molecule has 1 heterocycles. The molecule has 1 aliphatic rings. The Morgan fingerprint density at radius 3 is 2.20 bits per heavy atom. The summed E-state index contributed by atoms with van der Waals surface area (Å²) in [7, 11) is 0. The van der Waals surface area contributed by atoms with Gasteiger partial charge in [-0.1, -0.05) is 54.9 Å². The van der Waals surface area contributed by atoms with Crippen molar-refractivity contribution in [3.05, 3.63) is 0 Å². The summed E-state index contributed by atoms with van der Waals surface area (Å²) in [5.74, 6) is 0.981. The normalized spacial score (nSPS) is 20.1. The number of hydrogen-bond donors (Lipinski definition) is 0. The largest absolute Gasteiger partial charge is 0.262 e. The summed E-state index contributed by atoms with van der Waals surface area (Å²) < 4.78 is 0. The van der Waals surface area contributed by atoms with Gasteiger partial charge < -0.3 is 0 Å². The SMILES string of the molecule is CC(C)[CH2][Al]1[CH2]CCC[CH2]1. The zero-order valence-electron chi connectivity index (χ0n) is 7.40. The van der Waals surface area contributed by atoms with E-state index in [0.29, 0.717) is 0 Å². The molecule has 1 fully saturated rings.